The fourth-order valence-electron chi connectivity index (χ4n) is 3.08. The minimum absolute atomic E-state index is 0.271. The van der Waals surface area contributed by atoms with Crippen molar-refractivity contribution in [2.24, 2.45) is 7.05 Å². The van der Waals surface area contributed by atoms with Gasteiger partial charge in [0.1, 0.15) is 4.90 Å². The molecule has 0 spiro atoms. The van der Waals surface area contributed by atoms with Crippen LogP contribution in [-0.4, -0.2) is 53.6 Å². The number of hydrogen-bond donors (Lipinski definition) is 0. The highest BCUT2D eigenvalue weighted by Crippen LogP contribution is 2.19. The number of aromatic nitrogens is 2. The topological polar surface area (TPSA) is 58.4 Å². The van der Waals surface area contributed by atoms with Crippen LogP contribution in [0.5, 0.6) is 0 Å². The highest BCUT2D eigenvalue weighted by atomic mass is 32.2. The van der Waals surface area contributed by atoms with Crippen molar-refractivity contribution in [1.29, 1.82) is 0 Å². The average molecular weight is 362 g/mol. The van der Waals surface area contributed by atoms with Crippen molar-refractivity contribution >= 4 is 10.0 Å². The van der Waals surface area contributed by atoms with Crippen molar-refractivity contribution in [2.75, 3.05) is 26.2 Å². The van der Waals surface area contributed by atoms with Gasteiger partial charge in [0, 0.05) is 46.0 Å². The van der Waals surface area contributed by atoms with Gasteiger partial charge in [0.05, 0.1) is 6.20 Å². The zero-order chi connectivity index (χ0) is 18.0. The Labute approximate surface area is 150 Å². The first-order valence-corrected chi connectivity index (χ1v) is 10.1. The lowest BCUT2D eigenvalue weighted by atomic mass is 10.0. The molecule has 1 aliphatic rings. The predicted octanol–water partition coefficient (Wildman–Crippen LogP) is 2.05. The van der Waals surface area contributed by atoms with E-state index < -0.39 is 10.0 Å². The Bertz CT molecular complexity index is 804. The molecule has 0 radical (unpaired) electrons. The molecule has 0 saturated carbocycles. The summed E-state index contributed by atoms with van der Waals surface area (Å²) in [6.45, 7) is 7.76. The second-order valence-electron chi connectivity index (χ2n) is 6.93. The van der Waals surface area contributed by atoms with E-state index in [0.717, 1.165) is 19.6 Å². The predicted molar refractivity (Wildman–Crippen MR) is 97.8 cm³/mol. The van der Waals surface area contributed by atoms with Crippen molar-refractivity contribution in [3.8, 4) is 0 Å². The minimum Gasteiger partial charge on any atom is -0.296 e. The molecule has 25 heavy (non-hydrogen) atoms. The highest BCUT2D eigenvalue weighted by Gasteiger charge is 2.29. The van der Waals surface area contributed by atoms with Gasteiger partial charge >= 0.3 is 0 Å². The molecule has 1 fully saturated rings. The van der Waals surface area contributed by atoms with Crippen LogP contribution >= 0.6 is 0 Å². The summed E-state index contributed by atoms with van der Waals surface area (Å²) in [4.78, 5) is 2.58. The Kier molecular flexibility index (Phi) is 5.27. The van der Waals surface area contributed by atoms with E-state index in [1.165, 1.54) is 22.0 Å². The molecule has 1 saturated heterocycles. The summed E-state index contributed by atoms with van der Waals surface area (Å²) in [6, 6.07) is 8.72. The molecule has 3 rings (SSSR count). The fourth-order valence-corrected chi connectivity index (χ4v) is 4.48. The summed E-state index contributed by atoms with van der Waals surface area (Å²) >= 11 is 0. The second-order valence-corrected chi connectivity index (χ2v) is 8.86. The van der Waals surface area contributed by atoms with E-state index in [4.69, 9.17) is 0 Å². The van der Waals surface area contributed by atoms with Gasteiger partial charge in [0.25, 0.3) is 0 Å². The summed E-state index contributed by atoms with van der Waals surface area (Å²) < 4.78 is 28.3. The number of benzene rings is 1. The standard InChI is InChI=1S/C18H26N4O2S/c1-15(2)17-6-4-16(5-7-17)13-21-8-10-22(11-9-21)25(23,24)18-12-19-20(3)14-18/h4-7,12,14-15H,8-11,13H2,1-3H3. The summed E-state index contributed by atoms with van der Waals surface area (Å²) in [5.41, 5.74) is 2.61. The van der Waals surface area contributed by atoms with Gasteiger partial charge in [0.15, 0.2) is 0 Å². The van der Waals surface area contributed by atoms with Crippen molar-refractivity contribution in [3.05, 3.63) is 47.8 Å². The molecule has 0 N–H and O–H groups in total. The Morgan fingerprint density at radius 2 is 1.72 bits per heavy atom. The summed E-state index contributed by atoms with van der Waals surface area (Å²) in [7, 11) is -1.71. The zero-order valence-corrected chi connectivity index (χ0v) is 15.9. The number of nitrogens with zero attached hydrogens (tertiary/aromatic N) is 4. The maximum Gasteiger partial charge on any atom is 0.246 e. The van der Waals surface area contributed by atoms with Crippen LogP contribution in [0.2, 0.25) is 0 Å². The quantitative estimate of drug-likeness (QED) is 0.817. The first-order chi connectivity index (χ1) is 11.9. The van der Waals surface area contributed by atoms with Gasteiger partial charge < -0.3 is 0 Å². The van der Waals surface area contributed by atoms with E-state index in [0.29, 0.717) is 19.0 Å². The largest absolute Gasteiger partial charge is 0.296 e. The zero-order valence-electron chi connectivity index (χ0n) is 15.1. The van der Waals surface area contributed by atoms with E-state index >= 15 is 0 Å². The van der Waals surface area contributed by atoms with Gasteiger partial charge in [0.2, 0.25) is 10.0 Å². The van der Waals surface area contributed by atoms with Crippen LogP contribution in [0.1, 0.15) is 30.9 Å². The number of aryl methyl sites for hydroxylation is 1. The number of rotatable bonds is 5. The third kappa shape index (κ3) is 4.11. The van der Waals surface area contributed by atoms with Crippen LogP contribution < -0.4 is 0 Å². The molecule has 6 nitrogen and oxygen atoms in total. The van der Waals surface area contributed by atoms with Gasteiger partial charge in [-0.05, 0) is 17.0 Å². The van der Waals surface area contributed by atoms with Crippen LogP contribution in [0.4, 0.5) is 0 Å². The van der Waals surface area contributed by atoms with Crippen molar-refractivity contribution in [2.45, 2.75) is 31.2 Å². The molecule has 0 unspecified atom stereocenters. The first-order valence-electron chi connectivity index (χ1n) is 8.66. The van der Waals surface area contributed by atoms with Gasteiger partial charge in [-0.3, -0.25) is 9.58 Å². The molecular weight excluding hydrogens is 336 g/mol. The lowest BCUT2D eigenvalue weighted by Crippen LogP contribution is -2.48. The normalized spacial score (nSPS) is 17.3. The first kappa shape index (κ1) is 18.1. The van der Waals surface area contributed by atoms with Crippen LogP contribution in [0.25, 0.3) is 0 Å². The van der Waals surface area contributed by atoms with Gasteiger partial charge in [-0.15, -0.1) is 0 Å². The van der Waals surface area contributed by atoms with E-state index in [2.05, 4.69) is 48.1 Å². The molecule has 0 aliphatic carbocycles. The van der Waals surface area contributed by atoms with E-state index in [9.17, 15) is 8.42 Å². The fraction of sp³-hybridized carbons (Fsp3) is 0.500. The third-order valence-corrected chi connectivity index (χ3v) is 6.55. The molecule has 1 aromatic heterocycles. The van der Waals surface area contributed by atoms with Crippen LogP contribution in [0.3, 0.4) is 0 Å². The summed E-state index contributed by atoms with van der Waals surface area (Å²) in [5, 5.41) is 3.97. The van der Waals surface area contributed by atoms with Gasteiger partial charge in [-0.2, -0.15) is 9.40 Å². The molecule has 136 valence electrons. The molecular formula is C18H26N4O2S. The number of piperazine rings is 1. The molecule has 7 heteroatoms. The number of hydrogen-bond acceptors (Lipinski definition) is 4. The molecule has 2 aromatic rings. The lowest BCUT2D eigenvalue weighted by molar-refractivity contribution is 0.181. The SMILES string of the molecule is CC(C)c1ccc(CN2CCN(S(=O)(=O)c3cnn(C)c3)CC2)cc1. The molecule has 0 bridgehead atoms. The Morgan fingerprint density at radius 3 is 2.24 bits per heavy atom. The van der Waals surface area contributed by atoms with Gasteiger partial charge in [-0.1, -0.05) is 38.1 Å². The summed E-state index contributed by atoms with van der Waals surface area (Å²) in [6.07, 6.45) is 2.97. The van der Waals surface area contributed by atoms with Crippen molar-refractivity contribution in [1.82, 2.24) is 19.0 Å². The lowest BCUT2D eigenvalue weighted by Gasteiger charge is -2.33. The van der Waals surface area contributed by atoms with E-state index in [1.807, 2.05) is 0 Å². The smallest absolute Gasteiger partial charge is 0.246 e. The van der Waals surface area contributed by atoms with Crippen molar-refractivity contribution < 1.29 is 8.42 Å². The van der Waals surface area contributed by atoms with Crippen molar-refractivity contribution in [3.63, 3.8) is 0 Å². The molecule has 0 amide bonds. The Hall–Kier alpha value is -1.70. The van der Waals surface area contributed by atoms with Gasteiger partial charge in [-0.25, -0.2) is 8.42 Å². The second kappa shape index (κ2) is 7.27. The number of sulfonamides is 1. The molecule has 0 atom stereocenters. The van der Waals surface area contributed by atoms with Crippen LogP contribution in [0.15, 0.2) is 41.6 Å². The van der Waals surface area contributed by atoms with E-state index in [1.54, 1.807) is 17.5 Å². The average Bonchev–Trinajstić information content (AvgIpc) is 3.03. The monoisotopic (exact) mass is 362 g/mol. The molecule has 1 aromatic carbocycles. The minimum atomic E-state index is -3.43. The van der Waals surface area contributed by atoms with Crippen LogP contribution in [-0.2, 0) is 23.6 Å². The van der Waals surface area contributed by atoms with Crippen LogP contribution in [0, 0.1) is 0 Å². The van der Waals surface area contributed by atoms with E-state index in [-0.39, 0.29) is 4.90 Å². The molecule has 1 aliphatic heterocycles. The Balaban J connectivity index is 1.58. The Morgan fingerprint density at radius 1 is 1.08 bits per heavy atom. The molecule has 2 heterocycles. The highest BCUT2D eigenvalue weighted by molar-refractivity contribution is 7.89. The third-order valence-electron chi connectivity index (χ3n) is 4.70. The maximum absolute atomic E-state index is 12.6. The summed E-state index contributed by atoms with van der Waals surface area (Å²) in [5.74, 6) is 0.537. The maximum atomic E-state index is 12.6.